The summed E-state index contributed by atoms with van der Waals surface area (Å²) in [6, 6.07) is 3.57. The summed E-state index contributed by atoms with van der Waals surface area (Å²) < 4.78 is 0. The third-order valence-electron chi connectivity index (χ3n) is 3.75. The fourth-order valence-corrected chi connectivity index (χ4v) is 2.45. The second-order valence-corrected chi connectivity index (χ2v) is 4.88. The first-order valence-electron chi connectivity index (χ1n) is 6.69. The van der Waals surface area contributed by atoms with Gasteiger partial charge in [0.25, 0.3) is 5.91 Å². The smallest absolute Gasteiger partial charge is 0.253 e. The van der Waals surface area contributed by atoms with E-state index in [4.69, 9.17) is 5.73 Å². The van der Waals surface area contributed by atoms with Crippen molar-refractivity contribution in [3.05, 3.63) is 29.6 Å². The van der Waals surface area contributed by atoms with Gasteiger partial charge in [0, 0.05) is 31.4 Å². The number of aromatic nitrogens is 1. The van der Waals surface area contributed by atoms with Crippen LogP contribution in [-0.2, 0) is 6.54 Å². The highest BCUT2D eigenvalue weighted by atomic mass is 16.2. The molecule has 1 fully saturated rings. The molecule has 18 heavy (non-hydrogen) atoms. The van der Waals surface area contributed by atoms with Gasteiger partial charge in [-0.15, -0.1) is 0 Å². The van der Waals surface area contributed by atoms with E-state index in [-0.39, 0.29) is 5.91 Å². The molecule has 2 N–H and O–H groups in total. The lowest BCUT2D eigenvalue weighted by Gasteiger charge is -2.31. The molecule has 0 spiro atoms. The van der Waals surface area contributed by atoms with Crippen molar-refractivity contribution in [3.63, 3.8) is 0 Å². The van der Waals surface area contributed by atoms with Gasteiger partial charge in [0.05, 0.1) is 5.69 Å². The Morgan fingerprint density at radius 3 is 2.83 bits per heavy atom. The lowest BCUT2D eigenvalue weighted by Crippen LogP contribution is -2.38. The van der Waals surface area contributed by atoms with Gasteiger partial charge in [-0.1, -0.05) is 13.3 Å². The highest BCUT2D eigenvalue weighted by Gasteiger charge is 2.22. The summed E-state index contributed by atoms with van der Waals surface area (Å²) in [6.07, 6.45) is 5.12. The number of rotatable bonds is 3. The first-order valence-corrected chi connectivity index (χ1v) is 6.69. The predicted octanol–water partition coefficient (Wildman–Crippen LogP) is 1.80. The Hall–Kier alpha value is -1.42. The maximum absolute atomic E-state index is 12.3. The molecule has 1 aliphatic heterocycles. The summed E-state index contributed by atoms with van der Waals surface area (Å²) in [5, 5.41) is 0. The van der Waals surface area contributed by atoms with Crippen LogP contribution in [-0.4, -0.2) is 28.9 Å². The van der Waals surface area contributed by atoms with E-state index in [2.05, 4.69) is 11.9 Å². The zero-order chi connectivity index (χ0) is 13.0. The molecule has 2 heterocycles. The molecule has 0 aliphatic carbocycles. The number of hydrogen-bond acceptors (Lipinski definition) is 3. The number of piperidine rings is 1. The van der Waals surface area contributed by atoms with Crippen molar-refractivity contribution in [3.8, 4) is 0 Å². The number of carbonyl (C=O) groups is 1. The largest absolute Gasteiger partial charge is 0.339 e. The van der Waals surface area contributed by atoms with E-state index in [1.807, 2.05) is 4.90 Å². The van der Waals surface area contributed by atoms with Gasteiger partial charge in [0.15, 0.2) is 0 Å². The standard InChI is InChI=1S/C14H21N3O/c1-2-11-4-7-17(8-5-11)14(18)12-3-6-16-13(9-12)10-15/h3,6,9,11H,2,4-5,7-8,10,15H2,1H3. The monoisotopic (exact) mass is 247 g/mol. The molecule has 1 aromatic heterocycles. The van der Waals surface area contributed by atoms with E-state index in [0.717, 1.165) is 37.5 Å². The van der Waals surface area contributed by atoms with E-state index in [1.54, 1.807) is 18.3 Å². The van der Waals surface area contributed by atoms with Crippen LogP contribution in [0.4, 0.5) is 0 Å². The lowest BCUT2D eigenvalue weighted by molar-refractivity contribution is 0.0688. The van der Waals surface area contributed by atoms with Crippen LogP contribution in [0.1, 0.15) is 42.2 Å². The van der Waals surface area contributed by atoms with Crippen LogP contribution >= 0.6 is 0 Å². The van der Waals surface area contributed by atoms with Crippen molar-refractivity contribution < 1.29 is 4.79 Å². The third kappa shape index (κ3) is 2.88. The molecule has 98 valence electrons. The molecule has 1 aromatic rings. The van der Waals surface area contributed by atoms with Crippen molar-refractivity contribution >= 4 is 5.91 Å². The Bertz CT molecular complexity index is 411. The van der Waals surface area contributed by atoms with Crippen LogP contribution in [0.25, 0.3) is 0 Å². The molecule has 0 bridgehead atoms. The second kappa shape index (κ2) is 5.96. The van der Waals surface area contributed by atoms with Crippen LogP contribution < -0.4 is 5.73 Å². The zero-order valence-electron chi connectivity index (χ0n) is 10.9. The van der Waals surface area contributed by atoms with E-state index in [1.165, 1.54) is 6.42 Å². The number of amides is 1. The van der Waals surface area contributed by atoms with E-state index >= 15 is 0 Å². The highest BCUT2D eigenvalue weighted by molar-refractivity contribution is 5.94. The van der Waals surface area contributed by atoms with Crippen molar-refractivity contribution in [1.29, 1.82) is 0 Å². The minimum atomic E-state index is 0.113. The fraction of sp³-hybridized carbons (Fsp3) is 0.571. The Labute approximate surface area is 108 Å². The maximum Gasteiger partial charge on any atom is 0.253 e. The summed E-state index contributed by atoms with van der Waals surface area (Å²) >= 11 is 0. The van der Waals surface area contributed by atoms with Gasteiger partial charge < -0.3 is 10.6 Å². The minimum absolute atomic E-state index is 0.113. The molecule has 0 saturated carbocycles. The van der Waals surface area contributed by atoms with Gasteiger partial charge in [-0.05, 0) is 30.9 Å². The van der Waals surface area contributed by atoms with Crippen molar-refractivity contribution in [1.82, 2.24) is 9.88 Å². The molecule has 4 heteroatoms. The van der Waals surface area contributed by atoms with Gasteiger partial charge >= 0.3 is 0 Å². The topological polar surface area (TPSA) is 59.2 Å². The number of nitrogens with two attached hydrogens (primary N) is 1. The second-order valence-electron chi connectivity index (χ2n) is 4.88. The van der Waals surface area contributed by atoms with Crippen molar-refractivity contribution in [2.45, 2.75) is 32.7 Å². The van der Waals surface area contributed by atoms with Gasteiger partial charge in [0.1, 0.15) is 0 Å². The first-order chi connectivity index (χ1) is 8.74. The normalized spacial score (nSPS) is 16.9. The van der Waals surface area contributed by atoms with Crippen LogP contribution in [0.3, 0.4) is 0 Å². The van der Waals surface area contributed by atoms with Crippen LogP contribution in [0.2, 0.25) is 0 Å². The lowest BCUT2D eigenvalue weighted by atomic mass is 9.94. The molecule has 2 rings (SSSR count). The average molecular weight is 247 g/mol. The summed E-state index contributed by atoms with van der Waals surface area (Å²) in [4.78, 5) is 18.4. The van der Waals surface area contributed by atoms with Gasteiger partial charge in [0.2, 0.25) is 0 Å². The number of carbonyl (C=O) groups excluding carboxylic acids is 1. The Kier molecular flexibility index (Phi) is 4.31. The Balaban J connectivity index is 2.03. The van der Waals surface area contributed by atoms with Crippen LogP contribution in [0.15, 0.2) is 18.3 Å². The molecule has 1 saturated heterocycles. The highest BCUT2D eigenvalue weighted by Crippen LogP contribution is 2.21. The molecular formula is C14H21N3O. The number of likely N-dealkylation sites (tertiary alicyclic amines) is 1. The fourth-order valence-electron chi connectivity index (χ4n) is 2.45. The SMILES string of the molecule is CCC1CCN(C(=O)c2ccnc(CN)c2)CC1. The molecule has 0 aromatic carbocycles. The van der Waals surface area contributed by atoms with Crippen LogP contribution in [0.5, 0.6) is 0 Å². The van der Waals surface area contributed by atoms with E-state index in [0.29, 0.717) is 12.1 Å². The predicted molar refractivity (Wildman–Crippen MR) is 71.0 cm³/mol. The molecule has 1 aliphatic rings. The van der Waals surface area contributed by atoms with Crippen molar-refractivity contribution in [2.24, 2.45) is 11.7 Å². The summed E-state index contributed by atoms with van der Waals surface area (Å²) in [7, 11) is 0. The summed E-state index contributed by atoms with van der Waals surface area (Å²) in [6.45, 7) is 4.34. The molecule has 4 nitrogen and oxygen atoms in total. The quantitative estimate of drug-likeness (QED) is 0.886. The minimum Gasteiger partial charge on any atom is -0.339 e. The van der Waals surface area contributed by atoms with Gasteiger partial charge in [-0.2, -0.15) is 0 Å². The third-order valence-corrected chi connectivity index (χ3v) is 3.75. The van der Waals surface area contributed by atoms with Gasteiger partial charge in [-0.3, -0.25) is 9.78 Å². The van der Waals surface area contributed by atoms with Crippen molar-refractivity contribution in [2.75, 3.05) is 13.1 Å². The summed E-state index contributed by atoms with van der Waals surface area (Å²) in [5.74, 6) is 0.896. The molecular weight excluding hydrogens is 226 g/mol. The number of pyridine rings is 1. The average Bonchev–Trinajstić information content (AvgIpc) is 2.46. The zero-order valence-corrected chi connectivity index (χ0v) is 10.9. The number of nitrogens with zero attached hydrogens (tertiary/aromatic N) is 2. The molecule has 1 amide bonds. The Morgan fingerprint density at radius 1 is 1.50 bits per heavy atom. The Morgan fingerprint density at radius 2 is 2.22 bits per heavy atom. The maximum atomic E-state index is 12.3. The summed E-state index contributed by atoms with van der Waals surface area (Å²) in [5.41, 5.74) is 7.02. The molecule has 0 unspecified atom stereocenters. The molecule has 0 atom stereocenters. The number of hydrogen-bond donors (Lipinski definition) is 1. The van der Waals surface area contributed by atoms with Crippen LogP contribution in [0, 0.1) is 5.92 Å². The van der Waals surface area contributed by atoms with Gasteiger partial charge in [-0.25, -0.2) is 0 Å². The van der Waals surface area contributed by atoms with E-state index in [9.17, 15) is 4.79 Å². The molecule has 0 radical (unpaired) electrons. The van der Waals surface area contributed by atoms with E-state index < -0.39 is 0 Å². The first kappa shape index (κ1) is 13.0.